The molecule has 0 amide bonds. The Hall–Kier alpha value is -0.830. The summed E-state index contributed by atoms with van der Waals surface area (Å²) in [4.78, 5) is 12.2. The highest BCUT2D eigenvalue weighted by Gasteiger charge is 2.46. The molecule has 0 N–H and O–H groups in total. The van der Waals surface area contributed by atoms with Crippen molar-refractivity contribution in [2.75, 3.05) is 6.61 Å². The fourth-order valence-corrected chi connectivity index (χ4v) is 3.09. The Balaban J connectivity index is 1.93. The molecule has 3 rings (SSSR count). The molecule has 1 aliphatic carbocycles. The molecule has 0 spiro atoms. The molecule has 2 aliphatic heterocycles. The van der Waals surface area contributed by atoms with Gasteiger partial charge in [-0.05, 0) is 18.3 Å². The van der Waals surface area contributed by atoms with Crippen LogP contribution in [0.15, 0.2) is 11.3 Å². The summed E-state index contributed by atoms with van der Waals surface area (Å²) in [6.07, 6.45) is 3.44. The summed E-state index contributed by atoms with van der Waals surface area (Å²) in [5, 5.41) is 0. The monoisotopic (exact) mass is 222 g/mol. The summed E-state index contributed by atoms with van der Waals surface area (Å²) in [5.41, 5.74) is 0.993. The summed E-state index contributed by atoms with van der Waals surface area (Å²) < 4.78 is 11.4. The van der Waals surface area contributed by atoms with E-state index >= 15 is 0 Å². The van der Waals surface area contributed by atoms with Crippen LogP contribution in [0.4, 0.5) is 0 Å². The van der Waals surface area contributed by atoms with E-state index in [1.807, 2.05) is 0 Å². The highest BCUT2D eigenvalue weighted by atomic mass is 16.7. The summed E-state index contributed by atoms with van der Waals surface area (Å²) in [6, 6.07) is 0. The van der Waals surface area contributed by atoms with Gasteiger partial charge in [0.2, 0.25) is 6.29 Å². The third-order valence-electron chi connectivity index (χ3n) is 3.78. The normalized spacial score (nSPS) is 36.8. The molecule has 0 aromatic rings. The van der Waals surface area contributed by atoms with Gasteiger partial charge in [0, 0.05) is 18.4 Å². The smallest absolute Gasteiger partial charge is 0.206 e. The highest BCUT2D eigenvalue weighted by molar-refractivity contribution is 5.98. The summed E-state index contributed by atoms with van der Waals surface area (Å²) >= 11 is 0. The Bertz CT molecular complexity index is 367. The van der Waals surface area contributed by atoms with Crippen molar-refractivity contribution >= 4 is 5.78 Å². The van der Waals surface area contributed by atoms with Gasteiger partial charge in [-0.2, -0.15) is 0 Å². The minimum absolute atomic E-state index is 0.0451. The van der Waals surface area contributed by atoms with E-state index in [-0.39, 0.29) is 23.4 Å². The van der Waals surface area contributed by atoms with Crippen molar-refractivity contribution in [3.63, 3.8) is 0 Å². The number of hydrogen-bond donors (Lipinski definition) is 0. The van der Waals surface area contributed by atoms with Crippen LogP contribution in [0.1, 0.15) is 39.5 Å². The second-order valence-electron chi connectivity index (χ2n) is 5.88. The van der Waals surface area contributed by atoms with Gasteiger partial charge in [-0.15, -0.1) is 0 Å². The molecule has 3 nitrogen and oxygen atoms in total. The third-order valence-corrected chi connectivity index (χ3v) is 3.78. The molecular formula is C13H18O3. The lowest BCUT2D eigenvalue weighted by molar-refractivity contribution is -0.147. The van der Waals surface area contributed by atoms with E-state index in [1.165, 1.54) is 0 Å². The Kier molecular flexibility index (Phi) is 2.15. The first-order valence-corrected chi connectivity index (χ1v) is 6.11. The van der Waals surface area contributed by atoms with Gasteiger partial charge in [0.05, 0.1) is 12.5 Å². The molecule has 3 heteroatoms. The topological polar surface area (TPSA) is 35.5 Å². The minimum Gasteiger partial charge on any atom is -0.468 e. The number of ketones is 1. The van der Waals surface area contributed by atoms with E-state index in [9.17, 15) is 4.79 Å². The average molecular weight is 222 g/mol. The van der Waals surface area contributed by atoms with Crippen molar-refractivity contribution < 1.29 is 14.3 Å². The van der Waals surface area contributed by atoms with Gasteiger partial charge < -0.3 is 9.47 Å². The van der Waals surface area contributed by atoms with Gasteiger partial charge in [0.25, 0.3) is 0 Å². The fraction of sp³-hybridized carbons (Fsp3) is 0.769. The summed E-state index contributed by atoms with van der Waals surface area (Å²) in [7, 11) is 0. The van der Waals surface area contributed by atoms with Crippen LogP contribution in [0.5, 0.6) is 0 Å². The van der Waals surface area contributed by atoms with Crippen molar-refractivity contribution in [2.24, 2.45) is 11.3 Å². The van der Waals surface area contributed by atoms with E-state index in [0.29, 0.717) is 6.42 Å². The maximum absolute atomic E-state index is 12.2. The lowest BCUT2D eigenvalue weighted by atomic mass is 9.74. The number of ether oxygens (including phenoxy) is 2. The van der Waals surface area contributed by atoms with Crippen molar-refractivity contribution in [2.45, 2.75) is 45.8 Å². The number of carbonyl (C=O) groups excluding carboxylic acids is 1. The minimum atomic E-state index is -0.170. The molecule has 0 saturated carbocycles. The number of fused-ring (bicyclic) bond motifs is 2. The molecule has 0 radical (unpaired) electrons. The third kappa shape index (κ3) is 1.49. The van der Waals surface area contributed by atoms with E-state index < -0.39 is 0 Å². The number of Topliss-reactive ketones (excluding diaryl/α,β-unsaturated/α-hetero) is 1. The second-order valence-corrected chi connectivity index (χ2v) is 5.88. The lowest BCUT2D eigenvalue weighted by Crippen LogP contribution is -2.30. The number of hydrogen-bond acceptors (Lipinski definition) is 3. The van der Waals surface area contributed by atoms with Crippen LogP contribution >= 0.6 is 0 Å². The van der Waals surface area contributed by atoms with E-state index in [1.54, 1.807) is 0 Å². The molecule has 0 aromatic carbocycles. The Labute approximate surface area is 95.8 Å². The SMILES string of the molecule is CC1(C)CC(=O)C2=C(C1)O[C@H]1OCCC[C@@H]21. The first-order valence-electron chi connectivity index (χ1n) is 6.11. The highest BCUT2D eigenvalue weighted by Crippen LogP contribution is 2.47. The van der Waals surface area contributed by atoms with Crippen LogP contribution in [0.2, 0.25) is 0 Å². The number of carbonyl (C=O) groups is 1. The van der Waals surface area contributed by atoms with Crippen LogP contribution in [-0.2, 0) is 14.3 Å². The molecule has 0 unspecified atom stereocenters. The number of allylic oxidation sites excluding steroid dienone is 1. The molecule has 0 bridgehead atoms. The predicted octanol–water partition coefficient (Wildman–Crippen LogP) is 2.41. The van der Waals surface area contributed by atoms with Gasteiger partial charge in [-0.1, -0.05) is 13.8 Å². The van der Waals surface area contributed by atoms with Gasteiger partial charge in [-0.3, -0.25) is 4.79 Å². The van der Waals surface area contributed by atoms with Crippen LogP contribution in [0.3, 0.4) is 0 Å². The zero-order valence-corrected chi connectivity index (χ0v) is 9.91. The lowest BCUT2D eigenvalue weighted by Gasteiger charge is -2.29. The van der Waals surface area contributed by atoms with Gasteiger partial charge in [0.1, 0.15) is 5.76 Å². The van der Waals surface area contributed by atoms with Crippen LogP contribution in [-0.4, -0.2) is 18.7 Å². The molecule has 3 aliphatic rings. The largest absolute Gasteiger partial charge is 0.468 e. The standard InChI is InChI=1S/C13H18O3/c1-13(2)6-9(14)11-8-4-3-5-15-12(8)16-10(11)7-13/h8,12H,3-7H2,1-2H3/t8-,12+/m0/s1. The molecule has 2 atom stereocenters. The molecule has 1 saturated heterocycles. The molecular weight excluding hydrogens is 204 g/mol. The Morgan fingerprint density at radius 2 is 2.12 bits per heavy atom. The molecule has 0 aromatic heterocycles. The molecule has 88 valence electrons. The van der Waals surface area contributed by atoms with Crippen LogP contribution in [0, 0.1) is 11.3 Å². The number of rotatable bonds is 0. The molecule has 1 fully saturated rings. The summed E-state index contributed by atoms with van der Waals surface area (Å²) in [6.45, 7) is 5.01. The quantitative estimate of drug-likeness (QED) is 0.631. The van der Waals surface area contributed by atoms with Gasteiger partial charge >= 0.3 is 0 Å². The van der Waals surface area contributed by atoms with E-state index in [0.717, 1.165) is 37.2 Å². The Morgan fingerprint density at radius 3 is 2.94 bits per heavy atom. The summed E-state index contributed by atoms with van der Waals surface area (Å²) in [5.74, 6) is 1.41. The maximum atomic E-state index is 12.2. The molecule has 2 heterocycles. The van der Waals surface area contributed by atoms with E-state index in [4.69, 9.17) is 9.47 Å². The molecule has 16 heavy (non-hydrogen) atoms. The predicted molar refractivity (Wildman–Crippen MR) is 58.6 cm³/mol. The van der Waals surface area contributed by atoms with Crippen molar-refractivity contribution in [1.29, 1.82) is 0 Å². The van der Waals surface area contributed by atoms with Crippen molar-refractivity contribution in [3.05, 3.63) is 11.3 Å². The van der Waals surface area contributed by atoms with Gasteiger partial charge in [-0.25, -0.2) is 0 Å². The zero-order valence-electron chi connectivity index (χ0n) is 9.91. The fourth-order valence-electron chi connectivity index (χ4n) is 3.09. The second kappa shape index (κ2) is 3.33. The van der Waals surface area contributed by atoms with Crippen LogP contribution in [0.25, 0.3) is 0 Å². The maximum Gasteiger partial charge on any atom is 0.206 e. The first-order chi connectivity index (χ1) is 7.57. The van der Waals surface area contributed by atoms with Crippen molar-refractivity contribution in [3.8, 4) is 0 Å². The zero-order chi connectivity index (χ0) is 11.3. The Morgan fingerprint density at radius 1 is 1.31 bits per heavy atom. The van der Waals surface area contributed by atoms with Crippen molar-refractivity contribution in [1.82, 2.24) is 0 Å². The first kappa shape index (κ1) is 10.3. The van der Waals surface area contributed by atoms with Gasteiger partial charge in [0.15, 0.2) is 5.78 Å². The van der Waals surface area contributed by atoms with Crippen LogP contribution < -0.4 is 0 Å². The van der Waals surface area contributed by atoms with E-state index in [2.05, 4.69) is 13.8 Å². The average Bonchev–Trinajstić information content (AvgIpc) is 2.52.